The Morgan fingerprint density at radius 2 is 1.50 bits per heavy atom. The lowest BCUT2D eigenvalue weighted by atomic mass is 10.0. The van der Waals surface area contributed by atoms with Crippen molar-refractivity contribution in [2.75, 3.05) is 0 Å². The van der Waals surface area contributed by atoms with E-state index in [0.717, 1.165) is 19.3 Å². The SMILES string of the molecule is Cc1ccc(CCCCCCCCC(=O)O)cc1. The van der Waals surface area contributed by atoms with Gasteiger partial charge < -0.3 is 5.11 Å². The highest BCUT2D eigenvalue weighted by atomic mass is 16.4. The summed E-state index contributed by atoms with van der Waals surface area (Å²) < 4.78 is 0. The molecule has 0 atom stereocenters. The molecule has 0 amide bonds. The second kappa shape index (κ2) is 8.73. The van der Waals surface area contributed by atoms with Crippen LogP contribution in [0.4, 0.5) is 0 Å². The Labute approximate surface area is 110 Å². The van der Waals surface area contributed by atoms with Gasteiger partial charge in [-0.05, 0) is 31.7 Å². The zero-order valence-corrected chi connectivity index (χ0v) is 11.3. The fourth-order valence-electron chi connectivity index (χ4n) is 2.07. The molecular formula is C16H24O2. The Morgan fingerprint density at radius 1 is 0.944 bits per heavy atom. The molecule has 0 unspecified atom stereocenters. The molecule has 0 aromatic heterocycles. The topological polar surface area (TPSA) is 37.3 Å². The Balaban J connectivity index is 1.95. The highest BCUT2D eigenvalue weighted by molar-refractivity contribution is 5.66. The number of carboxylic acids is 1. The lowest BCUT2D eigenvalue weighted by molar-refractivity contribution is -0.137. The normalized spacial score (nSPS) is 10.5. The molecule has 0 saturated heterocycles. The van der Waals surface area contributed by atoms with Crippen molar-refractivity contribution in [2.24, 2.45) is 0 Å². The van der Waals surface area contributed by atoms with Gasteiger partial charge in [-0.15, -0.1) is 0 Å². The van der Waals surface area contributed by atoms with Crippen LogP contribution < -0.4 is 0 Å². The third kappa shape index (κ3) is 7.10. The average molecular weight is 248 g/mol. The van der Waals surface area contributed by atoms with E-state index in [0.29, 0.717) is 6.42 Å². The number of aryl methyl sites for hydroxylation is 2. The first kappa shape index (κ1) is 14.7. The minimum Gasteiger partial charge on any atom is -0.481 e. The monoisotopic (exact) mass is 248 g/mol. The molecule has 0 radical (unpaired) electrons. The Morgan fingerprint density at radius 3 is 2.11 bits per heavy atom. The number of hydrogen-bond acceptors (Lipinski definition) is 1. The fraction of sp³-hybridized carbons (Fsp3) is 0.562. The van der Waals surface area contributed by atoms with Crippen molar-refractivity contribution in [1.29, 1.82) is 0 Å². The van der Waals surface area contributed by atoms with E-state index in [4.69, 9.17) is 5.11 Å². The largest absolute Gasteiger partial charge is 0.481 e. The van der Waals surface area contributed by atoms with Crippen molar-refractivity contribution in [1.82, 2.24) is 0 Å². The van der Waals surface area contributed by atoms with Crippen molar-refractivity contribution in [2.45, 2.75) is 58.3 Å². The number of aliphatic carboxylic acids is 1. The van der Waals surface area contributed by atoms with E-state index in [9.17, 15) is 4.79 Å². The molecule has 1 rings (SSSR count). The van der Waals surface area contributed by atoms with Gasteiger partial charge in [-0.3, -0.25) is 4.79 Å². The number of unbranched alkanes of at least 4 members (excludes halogenated alkanes) is 5. The van der Waals surface area contributed by atoms with Gasteiger partial charge in [0.05, 0.1) is 0 Å². The zero-order valence-electron chi connectivity index (χ0n) is 11.3. The summed E-state index contributed by atoms with van der Waals surface area (Å²) in [5, 5.41) is 8.50. The Bertz CT molecular complexity index is 341. The van der Waals surface area contributed by atoms with Gasteiger partial charge in [-0.1, -0.05) is 55.5 Å². The average Bonchev–Trinajstić information content (AvgIpc) is 2.34. The van der Waals surface area contributed by atoms with Crippen LogP contribution in [0.25, 0.3) is 0 Å². The van der Waals surface area contributed by atoms with Crippen molar-refractivity contribution in [3.8, 4) is 0 Å². The van der Waals surface area contributed by atoms with E-state index in [1.807, 2.05) is 0 Å². The quantitative estimate of drug-likeness (QED) is 0.659. The Kier molecular flexibility index (Phi) is 7.16. The van der Waals surface area contributed by atoms with Crippen LogP contribution in [-0.4, -0.2) is 11.1 Å². The molecule has 0 aliphatic carbocycles. The van der Waals surface area contributed by atoms with Gasteiger partial charge in [0.25, 0.3) is 0 Å². The van der Waals surface area contributed by atoms with Crippen LogP contribution in [0.15, 0.2) is 24.3 Å². The van der Waals surface area contributed by atoms with Gasteiger partial charge in [-0.25, -0.2) is 0 Å². The van der Waals surface area contributed by atoms with E-state index >= 15 is 0 Å². The van der Waals surface area contributed by atoms with Crippen LogP contribution in [0.5, 0.6) is 0 Å². The van der Waals surface area contributed by atoms with E-state index in [2.05, 4.69) is 31.2 Å². The van der Waals surface area contributed by atoms with Crippen LogP contribution in [0.2, 0.25) is 0 Å². The van der Waals surface area contributed by atoms with E-state index in [-0.39, 0.29) is 0 Å². The first-order chi connectivity index (χ1) is 8.68. The van der Waals surface area contributed by atoms with Crippen LogP contribution in [-0.2, 0) is 11.2 Å². The smallest absolute Gasteiger partial charge is 0.303 e. The lowest BCUT2D eigenvalue weighted by Crippen LogP contribution is -1.93. The van der Waals surface area contributed by atoms with Gasteiger partial charge >= 0.3 is 5.97 Å². The lowest BCUT2D eigenvalue weighted by Gasteiger charge is -2.02. The highest BCUT2D eigenvalue weighted by Crippen LogP contribution is 2.11. The summed E-state index contributed by atoms with van der Waals surface area (Å²) in [7, 11) is 0. The number of hydrogen-bond donors (Lipinski definition) is 1. The van der Waals surface area contributed by atoms with Crippen molar-refractivity contribution in [3.05, 3.63) is 35.4 Å². The summed E-state index contributed by atoms with van der Waals surface area (Å²) in [6.45, 7) is 2.11. The maximum atomic E-state index is 10.3. The van der Waals surface area contributed by atoms with Gasteiger partial charge in [-0.2, -0.15) is 0 Å². The fourth-order valence-corrected chi connectivity index (χ4v) is 2.07. The maximum absolute atomic E-state index is 10.3. The molecule has 1 aromatic rings. The zero-order chi connectivity index (χ0) is 13.2. The standard InChI is InChI=1S/C16H24O2/c1-14-10-12-15(13-11-14)8-6-4-2-3-5-7-9-16(17)18/h10-13H,2-9H2,1H3,(H,17,18). The molecule has 18 heavy (non-hydrogen) atoms. The van der Waals surface area contributed by atoms with Crippen molar-refractivity contribution >= 4 is 5.97 Å². The van der Waals surface area contributed by atoms with Gasteiger partial charge in [0.1, 0.15) is 0 Å². The number of carbonyl (C=O) groups is 1. The number of carboxylic acid groups (broad SMARTS) is 1. The highest BCUT2D eigenvalue weighted by Gasteiger charge is 1.97. The second-order valence-corrected chi connectivity index (χ2v) is 5.00. The third-order valence-electron chi connectivity index (χ3n) is 3.23. The van der Waals surface area contributed by atoms with Crippen molar-refractivity contribution < 1.29 is 9.90 Å². The molecule has 0 spiro atoms. The number of rotatable bonds is 9. The minimum atomic E-state index is -0.672. The molecule has 0 heterocycles. The first-order valence-electron chi connectivity index (χ1n) is 6.96. The minimum absolute atomic E-state index is 0.323. The van der Waals surface area contributed by atoms with Gasteiger partial charge in [0, 0.05) is 6.42 Å². The van der Waals surface area contributed by atoms with Crippen LogP contribution in [0.1, 0.15) is 56.1 Å². The summed E-state index contributed by atoms with van der Waals surface area (Å²) in [6.07, 6.45) is 8.25. The van der Waals surface area contributed by atoms with Gasteiger partial charge in [0.15, 0.2) is 0 Å². The molecule has 0 bridgehead atoms. The van der Waals surface area contributed by atoms with E-state index in [1.54, 1.807) is 0 Å². The molecule has 1 aromatic carbocycles. The third-order valence-corrected chi connectivity index (χ3v) is 3.23. The predicted molar refractivity (Wildman–Crippen MR) is 74.8 cm³/mol. The number of benzene rings is 1. The molecule has 0 saturated carbocycles. The second-order valence-electron chi connectivity index (χ2n) is 5.00. The molecule has 2 heteroatoms. The van der Waals surface area contributed by atoms with Crippen LogP contribution in [0.3, 0.4) is 0 Å². The molecule has 1 N–H and O–H groups in total. The Hall–Kier alpha value is -1.31. The summed E-state index contributed by atoms with van der Waals surface area (Å²) >= 11 is 0. The van der Waals surface area contributed by atoms with Crippen LogP contribution >= 0.6 is 0 Å². The molecule has 0 fully saturated rings. The van der Waals surface area contributed by atoms with Gasteiger partial charge in [0.2, 0.25) is 0 Å². The molecule has 0 aliphatic rings. The molecular weight excluding hydrogens is 224 g/mol. The summed E-state index contributed by atoms with van der Waals surface area (Å²) in [4.78, 5) is 10.3. The maximum Gasteiger partial charge on any atom is 0.303 e. The summed E-state index contributed by atoms with van der Waals surface area (Å²) in [5.41, 5.74) is 2.74. The molecule has 0 aliphatic heterocycles. The van der Waals surface area contributed by atoms with Crippen LogP contribution in [0, 0.1) is 6.92 Å². The summed E-state index contributed by atoms with van der Waals surface area (Å²) in [6, 6.07) is 8.76. The predicted octanol–water partition coefficient (Wildman–Crippen LogP) is 4.35. The van der Waals surface area contributed by atoms with E-state index in [1.165, 1.54) is 36.8 Å². The summed E-state index contributed by atoms with van der Waals surface area (Å²) in [5.74, 6) is -0.672. The molecule has 2 nitrogen and oxygen atoms in total. The first-order valence-corrected chi connectivity index (χ1v) is 6.96. The van der Waals surface area contributed by atoms with Crippen molar-refractivity contribution in [3.63, 3.8) is 0 Å². The molecule has 100 valence electrons. The van der Waals surface area contributed by atoms with E-state index < -0.39 is 5.97 Å².